The molecule has 0 aromatic carbocycles. The van der Waals surface area contributed by atoms with Crippen LogP contribution in [-0.4, -0.2) is 48.8 Å². The number of rotatable bonds is 5. The van der Waals surface area contributed by atoms with Gasteiger partial charge in [-0.1, -0.05) is 5.16 Å². The molecule has 0 radical (unpaired) electrons. The molecule has 4 rings (SSSR count). The molecule has 0 aliphatic carbocycles. The van der Waals surface area contributed by atoms with Crippen molar-refractivity contribution in [3.63, 3.8) is 0 Å². The van der Waals surface area contributed by atoms with E-state index >= 15 is 0 Å². The molecule has 0 N–H and O–H groups in total. The molecule has 31 heavy (non-hydrogen) atoms. The number of carbonyl (C=O) groups is 1. The molecule has 0 saturated carbocycles. The molecule has 3 aromatic heterocycles. The SMILES string of the molecule is Cc1nc(C)n([C@@H](C)CC(=O)N2CCC(c3cc(C(F)F)c4c(C)noc4n3)CC2)n1. The highest BCUT2D eigenvalue weighted by molar-refractivity contribution is 5.80. The van der Waals surface area contributed by atoms with Crippen LogP contribution in [0.15, 0.2) is 10.6 Å². The Balaban J connectivity index is 1.43. The predicted octanol–water partition coefficient (Wildman–Crippen LogP) is 4.03. The Hall–Kier alpha value is -2.91. The molecule has 166 valence electrons. The third-order valence-electron chi connectivity index (χ3n) is 5.96. The summed E-state index contributed by atoms with van der Waals surface area (Å²) in [6.07, 6.45) is -0.966. The highest BCUT2D eigenvalue weighted by Crippen LogP contribution is 2.35. The van der Waals surface area contributed by atoms with Crippen LogP contribution in [0.1, 0.15) is 73.2 Å². The van der Waals surface area contributed by atoms with E-state index in [9.17, 15) is 13.6 Å². The second-order valence-electron chi connectivity index (χ2n) is 8.24. The molecule has 10 heteroatoms. The van der Waals surface area contributed by atoms with Crippen LogP contribution >= 0.6 is 0 Å². The average molecular weight is 432 g/mol. The summed E-state index contributed by atoms with van der Waals surface area (Å²) in [4.78, 5) is 23.4. The normalized spacial score (nSPS) is 16.4. The molecule has 8 nitrogen and oxygen atoms in total. The number of nitrogens with zero attached hydrogens (tertiary/aromatic N) is 6. The number of piperidine rings is 1. The number of hydrogen-bond acceptors (Lipinski definition) is 6. The van der Waals surface area contributed by atoms with Crippen molar-refractivity contribution in [3.05, 3.63) is 34.7 Å². The number of hydrogen-bond donors (Lipinski definition) is 0. The first-order chi connectivity index (χ1) is 14.7. The molecule has 1 amide bonds. The van der Waals surface area contributed by atoms with E-state index in [1.165, 1.54) is 6.07 Å². The van der Waals surface area contributed by atoms with Gasteiger partial charge < -0.3 is 9.42 Å². The smallest absolute Gasteiger partial charge is 0.264 e. The number of carbonyl (C=O) groups excluding carboxylic acids is 1. The van der Waals surface area contributed by atoms with Gasteiger partial charge in [0.15, 0.2) is 0 Å². The number of halogens is 2. The van der Waals surface area contributed by atoms with Crippen LogP contribution in [0, 0.1) is 20.8 Å². The highest BCUT2D eigenvalue weighted by Gasteiger charge is 2.28. The topological polar surface area (TPSA) is 89.9 Å². The van der Waals surface area contributed by atoms with Crippen molar-refractivity contribution < 1.29 is 18.1 Å². The minimum Gasteiger partial charge on any atom is -0.343 e. The molecular formula is C21H26F2N6O2. The minimum atomic E-state index is -2.63. The van der Waals surface area contributed by atoms with Crippen molar-refractivity contribution >= 4 is 17.0 Å². The standard InChI is InChI=1S/C21H26F2N6O2/c1-11(29-14(4)24-13(3)26-29)9-18(30)28-7-5-15(6-8-28)17-10-16(20(22)23)19-12(2)27-31-21(19)25-17/h10-11,15,20H,5-9H2,1-4H3/t11-/m0/s1. The van der Waals surface area contributed by atoms with Gasteiger partial charge in [-0.05, 0) is 46.6 Å². The van der Waals surface area contributed by atoms with E-state index in [0.717, 1.165) is 5.82 Å². The summed E-state index contributed by atoms with van der Waals surface area (Å²) in [7, 11) is 0. The molecule has 0 unspecified atom stereocenters. The van der Waals surface area contributed by atoms with Crippen molar-refractivity contribution in [3.8, 4) is 0 Å². The molecule has 1 fully saturated rings. The van der Waals surface area contributed by atoms with Crippen LogP contribution in [0.5, 0.6) is 0 Å². The highest BCUT2D eigenvalue weighted by atomic mass is 19.3. The van der Waals surface area contributed by atoms with E-state index in [-0.39, 0.29) is 29.1 Å². The molecule has 0 spiro atoms. The number of likely N-dealkylation sites (tertiary alicyclic amines) is 1. The third-order valence-corrected chi connectivity index (χ3v) is 5.96. The van der Waals surface area contributed by atoms with Crippen LogP contribution in [0.3, 0.4) is 0 Å². The van der Waals surface area contributed by atoms with Gasteiger partial charge in [-0.15, -0.1) is 0 Å². The van der Waals surface area contributed by atoms with Gasteiger partial charge in [0, 0.05) is 36.7 Å². The van der Waals surface area contributed by atoms with Gasteiger partial charge in [0.1, 0.15) is 11.6 Å². The summed E-state index contributed by atoms with van der Waals surface area (Å²) >= 11 is 0. The quantitative estimate of drug-likeness (QED) is 0.605. The van der Waals surface area contributed by atoms with Crippen molar-refractivity contribution in [1.82, 2.24) is 29.8 Å². The fraction of sp³-hybridized carbons (Fsp3) is 0.571. The molecule has 4 heterocycles. The molecule has 0 bridgehead atoms. The fourth-order valence-corrected chi connectivity index (χ4v) is 4.38. The van der Waals surface area contributed by atoms with Crippen LogP contribution in [0.4, 0.5) is 8.78 Å². The van der Waals surface area contributed by atoms with Crippen LogP contribution in [0.25, 0.3) is 11.1 Å². The Labute approximate surface area is 178 Å². The van der Waals surface area contributed by atoms with E-state index < -0.39 is 6.43 Å². The number of aromatic nitrogens is 5. The van der Waals surface area contributed by atoms with Gasteiger partial charge in [-0.25, -0.2) is 23.4 Å². The summed E-state index contributed by atoms with van der Waals surface area (Å²) < 4.78 is 34.1. The monoisotopic (exact) mass is 432 g/mol. The lowest BCUT2D eigenvalue weighted by atomic mass is 9.91. The van der Waals surface area contributed by atoms with Crippen molar-refractivity contribution in [1.29, 1.82) is 0 Å². The zero-order valence-corrected chi connectivity index (χ0v) is 18.1. The van der Waals surface area contributed by atoms with Crippen LogP contribution < -0.4 is 0 Å². The number of amides is 1. The maximum absolute atomic E-state index is 13.6. The third kappa shape index (κ3) is 4.15. The molecule has 1 atom stereocenters. The zero-order chi connectivity index (χ0) is 22.3. The van der Waals surface area contributed by atoms with Gasteiger partial charge in [-0.3, -0.25) is 4.79 Å². The molecule has 1 aliphatic heterocycles. The maximum atomic E-state index is 13.6. The number of aryl methyl sites for hydroxylation is 3. The summed E-state index contributed by atoms with van der Waals surface area (Å²) in [6, 6.07) is 1.39. The predicted molar refractivity (Wildman–Crippen MR) is 109 cm³/mol. The zero-order valence-electron chi connectivity index (χ0n) is 18.1. The Bertz CT molecular complexity index is 1100. The van der Waals surface area contributed by atoms with E-state index in [4.69, 9.17) is 4.52 Å². The minimum absolute atomic E-state index is 0.00557. The lowest BCUT2D eigenvalue weighted by Gasteiger charge is -2.32. The summed E-state index contributed by atoms with van der Waals surface area (Å²) in [5.41, 5.74) is 1.05. The van der Waals surface area contributed by atoms with Crippen LogP contribution in [-0.2, 0) is 4.79 Å². The lowest BCUT2D eigenvalue weighted by Crippen LogP contribution is -2.39. The Morgan fingerprint density at radius 2 is 1.94 bits per heavy atom. The van der Waals surface area contributed by atoms with Gasteiger partial charge in [0.2, 0.25) is 5.91 Å². The fourth-order valence-electron chi connectivity index (χ4n) is 4.38. The number of alkyl halides is 2. The lowest BCUT2D eigenvalue weighted by molar-refractivity contribution is -0.133. The first-order valence-corrected chi connectivity index (χ1v) is 10.5. The van der Waals surface area contributed by atoms with Gasteiger partial charge in [-0.2, -0.15) is 5.10 Å². The average Bonchev–Trinajstić information content (AvgIpc) is 3.28. The maximum Gasteiger partial charge on any atom is 0.264 e. The molecule has 3 aromatic rings. The first kappa shape index (κ1) is 21.3. The van der Waals surface area contributed by atoms with E-state index in [1.807, 2.05) is 25.7 Å². The second kappa shape index (κ2) is 8.32. The van der Waals surface area contributed by atoms with E-state index in [1.54, 1.807) is 11.6 Å². The molecule has 1 aliphatic rings. The van der Waals surface area contributed by atoms with Crippen molar-refractivity contribution in [2.75, 3.05) is 13.1 Å². The Morgan fingerprint density at radius 1 is 1.23 bits per heavy atom. The van der Waals surface area contributed by atoms with Crippen molar-refractivity contribution in [2.45, 2.75) is 65.3 Å². The molecular weight excluding hydrogens is 406 g/mol. The van der Waals surface area contributed by atoms with Gasteiger partial charge >= 0.3 is 0 Å². The van der Waals surface area contributed by atoms with Gasteiger partial charge in [0.05, 0.1) is 17.1 Å². The van der Waals surface area contributed by atoms with Gasteiger partial charge in [0.25, 0.3) is 12.1 Å². The number of fused-ring (bicyclic) bond motifs is 1. The number of pyridine rings is 1. The summed E-state index contributed by atoms with van der Waals surface area (Å²) in [5.74, 6) is 1.53. The first-order valence-electron chi connectivity index (χ1n) is 10.5. The summed E-state index contributed by atoms with van der Waals surface area (Å²) in [5, 5.41) is 8.44. The molecule has 1 saturated heterocycles. The van der Waals surface area contributed by atoms with Crippen LogP contribution in [0.2, 0.25) is 0 Å². The second-order valence-corrected chi connectivity index (χ2v) is 8.24. The largest absolute Gasteiger partial charge is 0.343 e. The Morgan fingerprint density at radius 3 is 2.55 bits per heavy atom. The Kier molecular flexibility index (Phi) is 5.72. The van der Waals surface area contributed by atoms with E-state index in [0.29, 0.717) is 55.0 Å². The van der Waals surface area contributed by atoms with E-state index in [2.05, 4.69) is 20.2 Å². The summed E-state index contributed by atoms with van der Waals surface area (Å²) in [6.45, 7) is 8.41. The van der Waals surface area contributed by atoms with Crippen molar-refractivity contribution in [2.24, 2.45) is 0 Å².